The predicted molar refractivity (Wildman–Crippen MR) is 122 cm³/mol. The molecular formula is C23H26N2O6S. The van der Waals surface area contributed by atoms with E-state index in [1.807, 2.05) is 26.2 Å². The summed E-state index contributed by atoms with van der Waals surface area (Å²) in [6.45, 7) is 5.39. The third kappa shape index (κ3) is 5.34. The molecule has 3 rings (SSSR count). The van der Waals surface area contributed by atoms with E-state index < -0.39 is 17.9 Å². The highest BCUT2D eigenvalue weighted by atomic mass is 32.1. The number of benzene rings is 1. The quantitative estimate of drug-likeness (QED) is 0.472. The molecular weight excluding hydrogens is 432 g/mol. The minimum atomic E-state index is -1.07. The number of hydrogen-bond donors (Lipinski definition) is 2. The summed E-state index contributed by atoms with van der Waals surface area (Å²) in [5.74, 6) is -1.18. The number of ether oxygens (including phenoxy) is 1. The fourth-order valence-corrected chi connectivity index (χ4v) is 4.08. The standard InChI is InChI=1S/C23H26N2O6S/c1-4-6-7-17(23(28)29)25-20(26)11-31-18-9-19-15(8-14(18)5-2)21(27)16(10-30-19)22-24-13(3)12-32-22/h8-10,12,17H,4-7,11H2,1-3H3,(H,25,26)(H,28,29)/t17-/m1/s1. The smallest absolute Gasteiger partial charge is 0.326 e. The first kappa shape index (κ1) is 23.5. The van der Waals surface area contributed by atoms with Gasteiger partial charge in [-0.3, -0.25) is 9.59 Å². The number of unbranched alkanes of at least 4 members (excludes halogenated alkanes) is 1. The van der Waals surface area contributed by atoms with E-state index in [1.54, 1.807) is 12.1 Å². The van der Waals surface area contributed by atoms with E-state index in [-0.39, 0.29) is 12.0 Å². The molecule has 0 saturated carbocycles. The highest BCUT2D eigenvalue weighted by molar-refractivity contribution is 7.13. The van der Waals surface area contributed by atoms with Crippen LogP contribution in [-0.2, 0) is 16.0 Å². The summed E-state index contributed by atoms with van der Waals surface area (Å²) in [6, 6.07) is 2.35. The van der Waals surface area contributed by atoms with Gasteiger partial charge in [0.15, 0.2) is 6.61 Å². The van der Waals surface area contributed by atoms with Crippen molar-refractivity contribution in [1.29, 1.82) is 0 Å². The molecule has 8 nitrogen and oxygen atoms in total. The molecule has 2 N–H and O–H groups in total. The van der Waals surface area contributed by atoms with Crippen molar-refractivity contribution in [2.75, 3.05) is 6.61 Å². The molecule has 0 aliphatic rings. The van der Waals surface area contributed by atoms with Crippen molar-refractivity contribution in [2.45, 2.75) is 52.5 Å². The number of thiazole rings is 1. The SMILES string of the molecule is CCCC[C@@H](NC(=O)COc1cc2occ(-c3nc(C)cs3)c(=O)c2cc1CC)C(=O)O. The molecule has 0 bridgehead atoms. The molecule has 1 amide bonds. The normalized spacial score (nSPS) is 12.0. The second kappa shape index (κ2) is 10.4. The molecule has 1 aromatic carbocycles. The van der Waals surface area contributed by atoms with Gasteiger partial charge in [0.25, 0.3) is 5.91 Å². The molecule has 0 spiro atoms. The number of hydrogen-bond acceptors (Lipinski definition) is 7. The Bertz CT molecular complexity index is 1180. The van der Waals surface area contributed by atoms with Crippen LogP contribution in [0.4, 0.5) is 0 Å². The van der Waals surface area contributed by atoms with E-state index in [0.717, 1.165) is 17.7 Å². The first-order valence-corrected chi connectivity index (χ1v) is 11.4. The Morgan fingerprint density at radius 2 is 2.09 bits per heavy atom. The Labute approximate surface area is 189 Å². The number of carbonyl (C=O) groups is 2. The number of carboxylic acid groups (broad SMARTS) is 1. The molecule has 3 aromatic rings. The number of nitrogens with zero attached hydrogens (tertiary/aromatic N) is 1. The number of rotatable bonds is 10. The van der Waals surface area contributed by atoms with Crippen LogP contribution >= 0.6 is 11.3 Å². The maximum atomic E-state index is 13.0. The average Bonchev–Trinajstić information content (AvgIpc) is 3.20. The van der Waals surface area contributed by atoms with Crippen LogP contribution in [0.15, 0.2) is 33.0 Å². The topological polar surface area (TPSA) is 119 Å². The molecule has 0 aliphatic carbocycles. The van der Waals surface area contributed by atoms with Gasteiger partial charge in [0.1, 0.15) is 28.6 Å². The summed E-state index contributed by atoms with van der Waals surface area (Å²) in [5, 5.41) is 14.6. The number of fused-ring (bicyclic) bond motifs is 1. The summed E-state index contributed by atoms with van der Waals surface area (Å²) < 4.78 is 11.3. The lowest BCUT2D eigenvalue weighted by Gasteiger charge is -2.15. The Morgan fingerprint density at radius 3 is 2.72 bits per heavy atom. The number of aryl methyl sites for hydroxylation is 2. The Kier molecular flexibility index (Phi) is 7.63. The van der Waals surface area contributed by atoms with E-state index in [2.05, 4.69) is 10.3 Å². The average molecular weight is 459 g/mol. The largest absolute Gasteiger partial charge is 0.483 e. The first-order valence-electron chi connectivity index (χ1n) is 10.5. The van der Waals surface area contributed by atoms with Gasteiger partial charge in [0.05, 0.1) is 10.9 Å². The zero-order valence-electron chi connectivity index (χ0n) is 18.3. The van der Waals surface area contributed by atoms with Crippen molar-refractivity contribution < 1.29 is 23.8 Å². The fraction of sp³-hybridized carbons (Fsp3) is 0.391. The lowest BCUT2D eigenvalue weighted by molar-refractivity contribution is -0.142. The monoisotopic (exact) mass is 458 g/mol. The van der Waals surface area contributed by atoms with Gasteiger partial charge < -0.3 is 19.6 Å². The zero-order chi connectivity index (χ0) is 23.3. The van der Waals surface area contributed by atoms with Crippen LogP contribution < -0.4 is 15.5 Å². The first-order chi connectivity index (χ1) is 15.3. The zero-order valence-corrected chi connectivity index (χ0v) is 19.1. The maximum Gasteiger partial charge on any atom is 0.326 e. The van der Waals surface area contributed by atoms with Crippen molar-refractivity contribution in [3.05, 3.63) is 45.3 Å². The van der Waals surface area contributed by atoms with Gasteiger partial charge in [-0.25, -0.2) is 9.78 Å². The van der Waals surface area contributed by atoms with E-state index in [4.69, 9.17) is 9.15 Å². The second-order valence-corrected chi connectivity index (χ2v) is 8.33. The van der Waals surface area contributed by atoms with E-state index in [0.29, 0.717) is 46.6 Å². The lowest BCUT2D eigenvalue weighted by atomic mass is 10.1. The van der Waals surface area contributed by atoms with Gasteiger partial charge >= 0.3 is 5.97 Å². The van der Waals surface area contributed by atoms with Gasteiger partial charge in [-0.15, -0.1) is 11.3 Å². The lowest BCUT2D eigenvalue weighted by Crippen LogP contribution is -2.42. The van der Waals surface area contributed by atoms with Crippen molar-refractivity contribution in [1.82, 2.24) is 10.3 Å². The van der Waals surface area contributed by atoms with E-state index in [9.17, 15) is 19.5 Å². The van der Waals surface area contributed by atoms with Gasteiger partial charge in [0, 0.05) is 17.1 Å². The minimum Gasteiger partial charge on any atom is -0.483 e. The van der Waals surface area contributed by atoms with Crippen LogP contribution in [0.5, 0.6) is 5.75 Å². The molecule has 0 saturated heterocycles. The molecule has 32 heavy (non-hydrogen) atoms. The van der Waals surface area contributed by atoms with Crippen LogP contribution in [0.2, 0.25) is 0 Å². The van der Waals surface area contributed by atoms with Gasteiger partial charge in [-0.2, -0.15) is 0 Å². The van der Waals surface area contributed by atoms with Crippen LogP contribution in [0, 0.1) is 6.92 Å². The fourth-order valence-electron chi connectivity index (χ4n) is 3.28. The number of aromatic nitrogens is 1. The Hall–Kier alpha value is -3.20. The summed E-state index contributed by atoms with van der Waals surface area (Å²) >= 11 is 1.38. The molecule has 2 aromatic heterocycles. The molecule has 2 heterocycles. The van der Waals surface area contributed by atoms with E-state index >= 15 is 0 Å². The van der Waals surface area contributed by atoms with Crippen LogP contribution in [-0.4, -0.2) is 34.6 Å². The maximum absolute atomic E-state index is 13.0. The third-order valence-electron chi connectivity index (χ3n) is 5.02. The number of nitrogens with one attached hydrogen (secondary N) is 1. The number of carboxylic acids is 1. The molecule has 0 fully saturated rings. The van der Waals surface area contributed by atoms with Gasteiger partial charge in [-0.1, -0.05) is 26.7 Å². The number of carbonyl (C=O) groups excluding carboxylic acids is 1. The highest BCUT2D eigenvalue weighted by Crippen LogP contribution is 2.28. The predicted octanol–water partition coefficient (Wildman–Crippen LogP) is 3.93. The molecule has 0 radical (unpaired) electrons. The summed E-state index contributed by atoms with van der Waals surface area (Å²) in [4.78, 5) is 40.9. The van der Waals surface area contributed by atoms with E-state index in [1.165, 1.54) is 17.6 Å². The highest BCUT2D eigenvalue weighted by Gasteiger charge is 2.20. The van der Waals surface area contributed by atoms with Gasteiger partial charge in [-0.05, 0) is 31.4 Å². The molecule has 9 heteroatoms. The van der Waals surface area contributed by atoms with Crippen LogP contribution in [0.1, 0.15) is 44.4 Å². The van der Waals surface area contributed by atoms with Crippen molar-refractivity contribution >= 4 is 34.2 Å². The molecule has 0 unspecified atom stereocenters. The summed E-state index contributed by atoms with van der Waals surface area (Å²) in [6.07, 6.45) is 3.85. The van der Waals surface area contributed by atoms with Crippen LogP contribution in [0.25, 0.3) is 21.5 Å². The Balaban J connectivity index is 1.81. The molecule has 170 valence electrons. The number of aliphatic carboxylic acids is 1. The molecule has 1 atom stereocenters. The van der Waals surface area contributed by atoms with Crippen molar-refractivity contribution in [3.63, 3.8) is 0 Å². The number of amides is 1. The van der Waals surface area contributed by atoms with Gasteiger partial charge in [0.2, 0.25) is 5.43 Å². The Morgan fingerprint density at radius 1 is 1.31 bits per heavy atom. The molecule has 0 aliphatic heterocycles. The van der Waals surface area contributed by atoms with Crippen molar-refractivity contribution in [3.8, 4) is 16.3 Å². The summed E-state index contributed by atoms with van der Waals surface area (Å²) in [5.41, 5.74) is 2.13. The van der Waals surface area contributed by atoms with Crippen molar-refractivity contribution in [2.24, 2.45) is 0 Å². The second-order valence-electron chi connectivity index (χ2n) is 7.47. The van der Waals surface area contributed by atoms with Crippen LogP contribution in [0.3, 0.4) is 0 Å². The summed E-state index contributed by atoms with van der Waals surface area (Å²) in [7, 11) is 0. The third-order valence-corrected chi connectivity index (χ3v) is 6.02. The minimum absolute atomic E-state index is 0.181.